The van der Waals surface area contributed by atoms with Gasteiger partial charge in [0.2, 0.25) is 0 Å². The predicted molar refractivity (Wildman–Crippen MR) is 116 cm³/mol. The first-order valence-corrected chi connectivity index (χ1v) is 9.32. The SMILES string of the molecule is CC(C)c1ccc(NC(=O)N(C)C)cc1.c1ccc(Oc2ccccc2)cc1. The average Bonchev–Trinajstić information content (AvgIpc) is 2.70. The lowest BCUT2D eigenvalue weighted by atomic mass is 10.0. The number of para-hydroxylation sites is 2. The van der Waals surface area contributed by atoms with Crippen molar-refractivity contribution < 1.29 is 9.53 Å². The fourth-order valence-corrected chi connectivity index (χ4v) is 2.30. The molecule has 0 spiro atoms. The summed E-state index contributed by atoms with van der Waals surface area (Å²) in [5, 5.41) is 2.79. The summed E-state index contributed by atoms with van der Waals surface area (Å²) in [5.41, 5.74) is 2.11. The van der Waals surface area contributed by atoms with Gasteiger partial charge in [-0.2, -0.15) is 0 Å². The van der Waals surface area contributed by atoms with Crippen molar-refractivity contribution in [3.63, 3.8) is 0 Å². The molecule has 0 aromatic heterocycles. The minimum Gasteiger partial charge on any atom is -0.457 e. The molecule has 4 nitrogen and oxygen atoms in total. The summed E-state index contributed by atoms with van der Waals surface area (Å²) in [6, 6.07) is 27.3. The van der Waals surface area contributed by atoms with Crippen LogP contribution in [0.4, 0.5) is 10.5 Å². The molecule has 3 aromatic rings. The molecular formula is C24H28N2O2. The number of carbonyl (C=O) groups excluding carboxylic acids is 1. The molecule has 0 radical (unpaired) electrons. The van der Waals surface area contributed by atoms with Gasteiger partial charge in [-0.3, -0.25) is 0 Å². The highest BCUT2D eigenvalue weighted by molar-refractivity contribution is 5.88. The lowest BCUT2D eigenvalue weighted by molar-refractivity contribution is 0.230. The number of hydrogen-bond acceptors (Lipinski definition) is 2. The third kappa shape index (κ3) is 7.16. The van der Waals surface area contributed by atoms with Crippen molar-refractivity contribution in [2.45, 2.75) is 19.8 Å². The van der Waals surface area contributed by atoms with Crippen LogP contribution in [0.2, 0.25) is 0 Å². The van der Waals surface area contributed by atoms with E-state index in [1.165, 1.54) is 10.5 Å². The van der Waals surface area contributed by atoms with E-state index in [9.17, 15) is 4.79 Å². The third-order valence-electron chi connectivity index (χ3n) is 3.96. The summed E-state index contributed by atoms with van der Waals surface area (Å²) in [5.74, 6) is 2.26. The Bertz CT molecular complexity index is 792. The van der Waals surface area contributed by atoms with Gasteiger partial charge in [0.1, 0.15) is 11.5 Å². The second kappa shape index (κ2) is 10.8. The topological polar surface area (TPSA) is 41.6 Å². The first kappa shape index (κ1) is 21.0. The van der Waals surface area contributed by atoms with Crippen molar-refractivity contribution in [2.24, 2.45) is 0 Å². The Kier molecular flexibility index (Phi) is 8.10. The van der Waals surface area contributed by atoms with E-state index < -0.39 is 0 Å². The summed E-state index contributed by atoms with van der Waals surface area (Å²) in [4.78, 5) is 12.9. The molecule has 0 saturated carbocycles. The lowest BCUT2D eigenvalue weighted by Crippen LogP contribution is -2.27. The minimum atomic E-state index is -0.104. The molecule has 3 rings (SSSR count). The maximum absolute atomic E-state index is 11.3. The number of ether oxygens (including phenoxy) is 1. The Labute approximate surface area is 167 Å². The van der Waals surface area contributed by atoms with Crippen molar-refractivity contribution in [1.29, 1.82) is 0 Å². The minimum absolute atomic E-state index is 0.104. The van der Waals surface area contributed by atoms with Gasteiger partial charge >= 0.3 is 6.03 Å². The van der Waals surface area contributed by atoms with E-state index >= 15 is 0 Å². The van der Waals surface area contributed by atoms with E-state index in [0.29, 0.717) is 5.92 Å². The quantitative estimate of drug-likeness (QED) is 0.574. The number of nitrogens with zero attached hydrogens (tertiary/aromatic N) is 1. The largest absolute Gasteiger partial charge is 0.457 e. The van der Waals surface area contributed by atoms with E-state index in [1.807, 2.05) is 84.9 Å². The fourth-order valence-electron chi connectivity index (χ4n) is 2.30. The molecule has 0 aliphatic carbocycles. The highest BCUT2D eigenvalue weighted by atomic mass is 16.5. The highest BCUT2D eigenvalue weighted by Crippen LogP contribution is 2.19. The molecule has 28 heavy (non-hydrogen) atoms. The van der Waals surface area contributed by atoms with Crippen LogP contribution in [0, 0.1) is 0 Å². The molecule has 1 N–H and O–H groups in total. The molecule has 0 fully saturated rings. The highest BCUT2D eigenvalue weighted by Gasteiger charge is 2.04. The van der Waals surface area contributed by atoms with Gasteiger partial charge in [-0.25, -0.2) is 4.79 Å². The lowest BCUT2D eigenvalue weighted by Gasteiger charge is -2.12. The van der Waals surface area contributed by atoms with Gasteiger partial charge in [0, 0.05) is 19.8 Å². The summed E-state index contributed by atoms with van der Waals surface area (Å²) in [7, 11) is 3.44. The zero-order valence-electron chi connectivity index (χ0n) is 16.9. The number of hydrogen-bond donors (Lipinski definition) is 1. The summed E-state index contributed by atoms with van der Waals surface area (Å²) >= 11 is 0. The molecule has 0 bridgehead atoms. The van der Waals surface area contributed by atoms with Crippen LogP contribution in [0.3, 0.4) is 0 Å². The first-order valence-electron chi connectivity index (χ1n) is 9.32. The van der Waals surface area contributed by atoms with Gasteiger partial charge in [0.05, 0.1) is 0 Å². The van der Waals surface area contributed by atoms with E-state index in [4.69, 9.17) is 4.74 Å². The molecule has 4 heteroatoms. The summed E-state index contributed by atoms with van der Waals surface area (Å²) in [6.45, 7) is 4.29. The molecule has 0 unspecified atom stereocenters. The summed E-state index contributed by atoms with van der Waals surface area (Å²) < 4.78 is 5.58. The number of benzene rings is 3. The van der Waals surface area contributed by atoms with E-state index in [0.717, 1.165) is 17.2 Å². The number of amides is 2. The molecule has 146 valence electrons. The van der Waals surface area contributed by atoms with Crippen LogP contribution in [-0.4, -0.2) is 25.0 Å². The van der Waals surface area contributed by atoms with Crippen molar-refractivity contribution >= 4 is 11.7 Å². The van der Waals surface area contributed by atoms with Crippen LogP contribution in [0.15, 0.2) is 84.9 Å². The number of carbonyl (C=O) groups is 1. The molecular weight excluding hydrogens is 348 g/mol. The Morgan fingerprint density at radius 1 is 0.786 bits per heavy atom. The zero-order valence-corrected chi connectivity index (χ0v) is 16.9. The Morgan fingerprint density at radius 2 is 1.25 bits per heavy atom. The van der Waals surface area contributed by atoms with Crippen LogP contribution in [0.5, 0.6) is 11.5 Å². The van der Waals surface area contributed by atoms with Crippen LogP contribution >= 0.6 is 0 Å². The van der Waals surface area contributed by atoms with Crippen molar-refractivity contribution in [3.8, 4) is 11.5 Å². The number of anilines is 1. The number of urea groups is 1. The Hall–Kier alpha value is -3.27. The monoisotopic (exact) mass is 376 g/mol. The smallest absolute Gasteiger partial charge is 0.321 e. The van der Waals surface area contributed by atoms with Crippen LogP contribution < -0.4 is 10.1 Å². The van der Waals surface area contributed by atoms with Gasteiger partial charge in [-0.05, 0) is 47.9 Å². The normalized spacial score (nSPS) is 9.89. The first-order chi connectivity index (χ1) is 13.5. The number of nitrogens with one attached hydrogen (secondary N) is 1. The molecule has 0 saturated heterocycles. The van der Waals surface area contributed by atoms with Gasteiger partial charge < -0.3 is 15.0 Å². The Balaban J connectivity index is 0.000000202. The van der Waals surface area contributed by atoms with Crippen LogP contribution in [0.1, 0.15) is 25.3 Å². The fraction of sp³-hybridized carbons (Fsp3) is 0.208. The molecule has 0 aliphatic heterocycles. The second-order valence-electron chi connectivity index (χ2n) is 6.83. The van der Waals surface area contributed by atoms with Gasteiger partial charge in [-0.1, -0.05) is 62.4 Å². The molecule has 0 atom stereocenters. The standard InChI is InChI=1S/C12H18N2O.C12H10O/c1-9(2)10-5-7-11(8-6-10)13-12(15)14(3)4;1-3-7-11(8-4-1)13-12-9-5-2-6-10-12/h5-9H,1-4H3,(H,13,15);1-10H. The third-order valence-corrected chi connectivity index (χ3v) is 3.96. The maximum atomic E-state index is 11.3. The number of rotatable bonds is 4. The van der Waals surface area contributed by atoms with E-state index in [-0.39, 0.29) is 6.03 Å². The summed E-state index contributed by atoms with van der Waals surface area (Å²) in [6.07, 6.45) is 0. The van der Waals surface area contributed by atoms with Crippen molar-refractivity contribution in [3.05, 3.63) is 90.5 Å². The van der Waals surface area contributed by atoms with Crippen LogP contribution in [-0.2, 0) is 0 Å². The van der Waals surface area contributed by atoms with Gasteiger partial charge in [0.25, 0.3) is 0 Å². The van der Waals surface area contributed by atoms with Crippen molar-refractivity contribution in [1.82, 2.24) is 4.90 Å². The predicted octanol–water partition coefficient (Wildman–Crippen LogP) is 6.38. The van der Waals surface area contributed by atoms with Gasteiger partial charge in [0.15, 0.2) is 0 Å². The van der Waals surface area contributed by atoms with E-state index in [1.54, 1.807) is 14.1 Å². The van der Waals surface area contributed by atoms with E-state index in [2.05, 4.69) is 19.2 Å². The van der Waals surface area contributed by atoms with Crippen molar-refractivity contribution in [2.75, 3.05) is 19.4 Å². The average molecular weight is 377 g/mol. The second-order valence-corrected chi connectivity index (χ2v) is 6.83. The van der Waals surface area contributed by atoms with Gasteiger partial charge in [-0.15, -0.1) is 0 Å². The molecule has 3 aromatic carbocycles. The maximum Gasteiger partial charge on any atom is 0.321 e. The van der Waals surface area contributed by atoms with Crippen LogP contribution in [0.25, 0.3) is 0 Å². The molecule has 0 aliphatic rings. The molecule has 2 amide bonds. The zero-order chi connectivity index (χ0) is 20.4. The molecule has 0 heterocycles. The Morgan fingerprint density at radius 3 is 1.64 bits per heavy atom.